The van der Waals surface area contributed by atoms with Crippen molar-refractivity contribution in [1.82, 2.24) is 0 Å². The fourth-order valence-electron chi connectivity index (χ4n) is 2.72. The van der Waals surface area contributed by atoms with E-state index in [2.05, 4.69) is 61.9 Å². The normalized spacial score (nSPS) is 13.7. The quantitative estimate of drug-likeness (QED) is 0.728. The number of halogens is 2. The van der Waals surface area contributed by atoms with E-state index in [1.54, 1.807) is 0 Å². The lowest BCUT2D eigenvalue weighted by molar-refractivity contribution is 0.467. The van der Waals surface area contributed by atoms with Crippen molar-refractivity contribution in [3.8, 4) is 5.75 Å². The number of anilines is 1. The van der Waals surface area contributed by atoms with Crippen molar-refractivity contribution in [2.24, 2.45) is 0 Å². The highest BCUT2D eigenvalue weighted by Crippen LogP contribution is 2.40. The standard InChI is InChI=1S/C16H15Br2NO/c1-9-3-4-15(13(17)5-9)19-7-11-6-14(18)16(20)10(2)12(11)8-19/h3-6,20H,7-8H2,1-2H3. The smallest absolute Gasteiger partial charge is 0.133 e. The van der Waals surface area contributed by atoms with Crippen LogP contribution >= 0.6 is 31.9 Å². The molecule has 0 saturated carbocycles. The van der Waals surface area contributed by atoms with Crippen LogP contribution in [-0.4, -0.2) is 5.11 Å². The first-order valence-corrected chi connectivity index (χ1v) is 8.07. The molecule has 104 valence electrons. The zero-order valence-corrected chi connectivity index (χ0v) is 14.5. The average Bonchev–Trinajstić information content (AvgIpc) is 2.80. The maximum atomic E-state index is 10.0. The average molecular weight is 397 g/mol. The lowest BCUT2D eigenvalue weighted by atomic mass is 10.0. The van der Waals surface area contributed by atoms with E-state index in [4.69, 9.17) is 0 Å². The molecule has 0 amide bonds. The van der Waals surface area contributed by atoms with Crippen molar-refractivity contribution < 1.29 is 5.11 Å². The molecule has 20 heavy (non-hydrogen) atoms. The summed E-state index contributed by atoms with van der Waals surface area (Å²) >= 11 is 7.07. The molecule has 1 heterocycles. The molecule has 0 aliphatic carbocycles. The van der Waals surface area contributed by atoms with Crippen LogP contribution in [0, 0.1) is 13.8 Å². The van der Waals surface area contributed by atoms with Crippen molar-refractivity contribution >= 4 is 37.5 Å². The molecule has 0 atom stereocenters. The van der Waals surface area contributed by atoms with Gasteiger partial charge in [-0.1, -0.05) is 6.07 Å². The summed E-state index contributed by atoms with van der Waals surface area (Å²) in [7, 11) is 0. The molecule has 2 aromatic carbocycles. The number of phenols is 1. The first kappa shape index (κ1) is 14.0. The Morgan fingerprint density at radius 1 is 1.05 bits per heavy atom. The number of rotatable bonds is 1. The van der Waals surface area contributed by atoms with Gasteiger partial charge in [-0.3, -0.25) is 0 Å². The Labute approximate surface area is 135 Å². The largest absolute Gasteiger partial charge is 0.506 e. The Morgan fingerprint density at radius 3 is 2.50 bits per heavy atom. The second kappa shape index (κ2) is 5.08. The van der Waals surface area contributed by atoms with E-state index in [0.717, 1.165) is 27.6 Å². The van der Waals surface area contributed by atoms with E-state index in [1.165, 1.54) is 22.4 Å². The molecular formula is C16H15Br2NO. The summed E-state index contributed by atoms with van der Waals surface area (Å²) in [6.45, 7) is 5.78. The Kier molecular flexibility index (Phi) is 3.55. The van der Waals surface area contributed by atoms with Crippen LogP contribution in [0.2, 0.25) is 0 Å². The highest BCUT2D eigenvalue weighted by Gasteiger charge is 2.24. The number of aryl methyl sites for hydroxylation is 1. The topological polar surface area (TPSA) is 23.5 Å². The van der Waals surface area contributed by atoms with Crippen LogP contribution in [0.1, 0.15) is 22.3 Å². The van der Waals surface area contributed by atoms with E-state index in [0.29, 0.717) is 5.75 Å². The van der Waals surface area contributed by atoms with Gasteiger partial charge in [-0.05, 0) is 86.2 Å². The van der Waals surface area contributed by atoms with E-state index in [1.807, 2.05) is 13.0 Å². The number of benzene rings is 2. The van der Waals surface area contributed by atoms with Crippen LogP contribution in [0.4, 0.5) is 5.69 Å². The Bertz CT molecular complexity index is 697. The van der Waals surface area contributed by atoms with Crippen LogP contribution in [0.25, 0.3) is 0 Å². The lowest BCUT2D eigenvalue weighted by Gasteiger charge is -2.19. The number of phenolic OH excluding ortho intramolecular Hbond substituents is 1. The molecule has 0 fully saturated rings. The molecular weight excluding hydrogens is 382 g/mol. The number of hydrogen-bond donors (Lipinski definition) is 1. The molecule has 0 bridgehead atoms. The van der Waals surface area contributed by atoms with Crippen molar-refractivity contribution in [3.63, 3.8) is 0 Å². The monoisotopic (exact) mass is 395 g/mol. The highest BCUT2D eigenvalue weighted by atomic mass is 79.9. The third kappa shape index (κ3) is 2.25. The van der Waals surface area contributed by atoms with Gasteiger partial charge in [0.25, 0.3) is 0 Å². The SMILES string of the molecule is Cc1ccc(N2Cc3cc(Br)c(O)c(C)c3C2)c(Br)c1. The van der Waals surface area contributed by atoms with E-state index in [-0.39, 0.29) is 0 Å². The summed E-state index contributed by atoms with van der Waals surface area (Å²) in [5.41, 5.74) is 5.92. The van der Waals surface area contributed by atoms with Gasteiger partial charge < -0.3 is 10.0 Å². The fraction of sp³-hybridized carbons (Fsp3) is 0.250. The summed E-state index contributed by atoms with van der Waals surface area (Å²) < 4.78 is 1.89. The molecule has 0 unspecified atom stereocenters. The molecule has 2 nitrogen and oxygen atoms in total. The van der Waals surface area contributed by atoms with Crippen LogP contribution < -0.4 is 4.90 Å². The molecule has 0 aromatic heterocycles. The summed E-state index contributed by atoms with van der Waals surface area (Å²) in [6.07, 6.45) is 0. The van der Waals surface area contributed by atoms with Gasteiger partial charge in [-0.2, -0.15) is 0 Å². The van der Waals surface area contributed by atoms with Crippen LogP contribution in [0.3, 0.4) is 0 Å². The minimum Gasteiger partial charge on any atom is -0.506 e. The van der Waals surface area contributed by atoms with Crippen LogP contribution in [-0.2, 0) is 13.1 Å². The van der Waals surface area contributed by atoms with Gasteiger partial charge in [-0.15, -0.1) is 0 Å². The molecule has 2 aromatic rings. The molecule has 0 spiro atoms. The van der Waals surface area contributed by atoms with Crippen molar-refractivity contribution in [2.75, 3.05) is 4.90 Å². The molecule has 3 rings (SSSR count). The predicted octanol–water partition coefficient (Wildman–Crippen LogP) is 5.05. The summed E-state index contributed by atoms with van der Waals surface area (Å²) in [5, 5.41) is 10.0. The maximum absolute atomic E-state index is 10.0. The highest BCUT2D eigenvalue weighted by molar-refractivity contribution is 9.11. The summed E-state index contributed by atoms with van der Waals surface area (Å²) in [5.74, 6) is 0.355. The van der Waals surface area contributed by atoms with Crippen LogP contribution in [0.15, 0.2) is 33.2 Å². The molecule has 1 N–H and O–H groups in total. The van der Waals surface area contributed by atoms with Gasteiger partial charge in [0.1, 0.15) is 5.75 Å². The number of aromatic hydroxyl groups is 1. The first-order chi connectivity index (χ1) is 9.47. The predicted molar refractivity (Wildman–Crippen MR) is 89.3 cm³/mol. The number of hydrogen-bond acceptors (Lipinski definition) is 2. The van der Waals surface area contributed by atoms with Crippen LogP contribution in [0.5, 0.6) is 5.75 Å². The zero-order valence-electron chi connectivity index (χ0n) is 11.4. The minimum absolute atomic E-state index is 0.355. The fourth-order valence-corrected chi connectivity index (χ4v) is 4.04. The van der Waals surface area contributed by atoms with E-state index >= 15 is 0 Å². The Hall–Kier alpha value is -1.000. The third-order valence-electron chi connectivity index (χ3n) is 3.88. The molecule has 1 aliphatic heterocycles. The van der Waals surface area contributed by atoms with Gasteiger partial charge in [0.15, 0.2) is 0 Å². The van der Waals surface area contributed by atoms with E-state index < -0.39 is 0 Å². The summed E-state index contributed by atoms with van der Waals surface area (Å²) in [6, 6.07) is 8.44. The molecule has 0 radical (unpaired) electrons. The van der Waals surface area contributed by atoms with Crippen molar-refractivity contribution in [1.29, 1.82) is 0 Å². The number of fused-ring (bicyclic) bond motifs is 1. The van der Waals surface area contributed by atoms with Gasteiger partial charge >= 0.3 is 0 Å². The lowest BCUT2D eigenvalue weighted by Crippen LogP contribution is -2.15. The van der Waals surface area contributed by atoms with Gasteiger partial charge in [0.2, 0.25) is 0 Å². The van der Waals surface area contributed by atoms with Crippen molar-refractivity contribution in [2.45, 2.75) is 26.9 Å². The summed E-state index contributed by atoms with van der Waals surface area (Å²) in [4.78, 5) is 2.33. The minimum atomic E-state index is 0.355. The maximum Gasteiger partial charge on any atom is 0.133 e. The van der Waals surface area contributed by atoms with E-state index in [9.17, 15) is 5.11 Å². The van der Waals surface area contributed by atoms with Crippen molar-refractivity contribution in [3.05, 3.63) is 55.5 Å². The zero-order chi connectivity index (χ0) is 14.4. The first-order valence-electron chi connectivity index (χ1n) is 6.48. The van der Waals surface area contributed by atoms with Gasteiger partial charge in [-0.25, -0.2) is 0 Å². The number of nitrogens with zero attached hydrogens (tertiary/aromatic N) is 1. The second-order valence-corrected chi connectivity index (χ2v) is 6.99. The second-order valence-electron chi connectivity index (χ2n) is 5.28. The third-order valence-corrected chi connectivity index (χ3v) is 5.12. The Balaban J connectivity index is 2.00. The Morgan fingerprint density at radius 2 is 1.80 bits per heavy atom. The van der Waals surface area contributed by atoms with Gasteiger partial charge in [0.05, 0.1) is 10.2 Å². The molecule has 4 heteroatoms. The molecule has 0 saturated heterocycles. The van der Waals surface area contributed by atoms with Gasteiger partial charge in [0, 0.05) is 17.6 Å². The molecule has 1 aliphatic rings.